The number of carbonyl (C=O) groups is 1. The van der Waals surface area contributed by atoms with Gasteiger partial charge in [-0.2, -0.15) is 0 Å². The Morgan fingerprint density at radius 2 is 2.14 bits per heavy atom. The lowest BCUT2D eigenvalue weighted by atomic mass is 9.75. The summed E-state index contributed by atoms with van der Waals surface area (Å²) in [6, 6.07) is 0.475. The zero-order valence-electron chi connectivity index (χ0n) is 9.47. The van der Waals surface area contributed by atoms with Crippen molar-refractivity contribution in [2.45, 2.75) is 46.1 Å². The molecule has 0 aliphatic carbocycles. The fourth-order valence-electron chi connectivity index (χ4n) is 2.41. The highest BCUT2D eigenvalue weighted by molar-refractivity contribution is 5.73. The topological polar surface area (TPSA) is 55.1 Å². The van der Waals surface area contributed by atoms with Gasteiger partial charge in [-0.05, 0) is 30.7 Å². The third-order valence-corrected chi connectivity index (χ3v) is 3.16. The van der Waals surface area contributed by atoms with Crippen LogP contribution in [0.3, 0.4) is 0 Å². The largest absolute Gasteiger partial charge is 0.370 e. The quantitative estimate of drug-likeness (QED) is 0.717. The molecule has 1 fully saturated rings. The van der Waals surface area contributed by atoms with E-state index in [1.807, 2.05) is 0 Å². The summed E-state index contributed by atoms with van der Waals surface area (Å²) in [4.78, 5) is 10.7. The van der Waals surface area contributed by atoms with Gasteiger partial charge in [0, 0.05) is 12.5 Å². The molecule has 1 heterocycles. The predicted molar refractivity (Wildman–Crippen MR) is 57.8 cm³/mol. The molecule has 82 valence electrons. The monoisotopic (exact) mass is 198 g/mol. The van der Waals surface area contributed by atoms with E-state index in [1.165, 1.54) is 6.42 Å². The molecule has 1 aliphatic heterocycles. The van der Waals surface area contributed by atoms with E-state index in [0.29, 0.717) is 23.8 Å². The summed E-state index contributed by atoms with van der Waals surface area (Å²) in [7, 11) is 0. The van der Waals surface area contributed by atoms with E-state index in [-0.39, 0.29) is 5.91 Å². The second-order valence-electron chi connectivity index (χ2n) is 5.33. The van der Waals surface area contributed by atoms with Crippen molar-refractivity contribution in [3.05, 3.63) is 0 Å². The first-order chi connectivity index (χ1) is 6.41. The standard InChI is InChI=1S/C11H22N2O/c1-11(2,3)8-6-7-13-9(8)4-5-10(12)14/h8-9,13H,4-7H2,1-3H3,(H2,12,14). The zero-order chi connectivity index (χ0) is 10.8. The van der Waals surface area contributed by atoms with Crippen LogP contribution in [0.5, 0.6) is 0 Å². The van der Waals surface area contributed by atoms with Crippen LogP contribution < -0.4 is 11.1 Å². The summed E-state index contributed by atoms with van der Waals surface area (Å²) in [5.74, 6) is 0.480. The highest BCUT2D eigenvalue weighted by Gasteiger charge is 2.35. The molecule has 3 heteroatoms. The normalized spacial score (nSPS) is 27.9. The number of rotatable bonds is 3. The summed E-state index contributed by atoms with van der Waals surface area (Å²) in [6.45, 7) is 7.87. The smallest absolute Gasteiger partial charge is 0.217 e. The Hall–Kier alpha value is -0.570. The first kappa shape index (κ1) is 11.5. The number of hydrogen-bond donors (Lipinski definition) is 2. The van der Waals surface area contributed by atoms with Crippen LogP contribution in [0.25, 0.3) is 0 Å². The van der Waals surface area contributed by atoms with E-state index >= 15 is 0 Å². The maximum atomic E-state index is 10.7. The summed E-state index contributed by atoms with van der Waals surface area (Å²) in [5.41, 5.74) is 5.48. The Kier molecular flexibility index (Phi) is 3.53. The fraction of sp³-hybridized carbons (Fsp3) is 0.909. The van der Waals surface area contributed by atoms with Crippen LogP contribution in [0.15, 0.2) is 0 Å². The highest BCUT2D eigenvalue weighted by Crippen LogP contribution is 2.35. The molecule has 1 rings (SSSR count). The number of amides is 1. The Balaban J connectivity index is 2.47. The van der Waals surface area contributed by atoms with Crippen molar-refractivity contribution in [1.82, 2.24) is 5.32 Å². The van der Waals surface area contributed by atoms with Gasteiger partial charge in [0.1, 0.15) is 0 Å². The summed E-state index contributed by atoms with van der Waals surface area (Å²) >= 11 is 0. The van der Waals surface area contributed by atoms with Crippen LogP contribution in [0.4, 0.5) is 0 Å². The van der Waals surface area contributed by atoms with Crippen LogP contribution in [0.2, 0.25) is 0 Å². The number of primary amides is 1. The Bertz CT molecular complexity index is 208. The predicted octanol–water partition coefficient (Wildman–Crippen LogP) is 1.28. The molecule has 0 aromatic carbocycles. The zero-order valence-corrected chi connectivity index (χ0v) is 9.47. The van der Waals surface area contributed by atoms with E-state index in [4.69, 9.17) is 5.73 Å². The molecule has 1 amide bonds. The molecule has 1 saturated heterocycles. The van der Waals surface area contributed by atoms with E-state index in [0.717, 1.165) is 13.0 Å². The lowest BCUT2D eigenvalue weighted by Gasteiger charge is -2.31. The molecule has 0 spiro atoms. The molecule has 2 unspecified atom stereocenters. The lowest BCUT2D eigenvalue weighted by molar-refractivity contribution is -0.118. The molecule has 0 bridgehead atoms. The maximum absolute atomic E-state index is 10.7. The second-order valence-corrected chi connectivity index (χ2v) is 5.33. The van der Waals surface area contributed by atoms with E-state index < -0.39 is 0 Å². The van der Waals surface area contributed by atoms with Crippen molar-refractivity contribution in [3.63, 3.8) is 0 Å². The molecule has 3 N–H and O–H groups in total. The molecule has 0 radical (unpaired) electrons. The SMILES string of the molecule is CC(C)(C)C1CCNC1CCC(N)=O. The summed E-state index contributed by atoms with van der Waals surface area (Å²) < 4.78 is 0. The molecule has 0 aromatic rings. The third kappa shape index (κ3) is 2.98. The van der Waals surface area contributed by atoms with Crippen LogP contribution in [0, 0.1) is 11.3 Å². The molecular weight excluding hydrogens is 176 g/mol. The van der Waals surface area contributed by atoms with E-state index in [2.05, 4.69) is 26.1 Å². The first-order valence-electron chi connectivity index (χ1n) is 5.43. The Morgan fingerprint density at radius 1 is 1.50 bits per heavy atom. The minimum atomic E-state index is -0.189. The average Bonchev–Trinajstić information content (AvgIpc) is 2.46. The van der Waals surface area contributed by atoms with Crippen molar-refractivity contribution < 1.29 is 4.79 Å². The van der Waals surface area contributed by atoms with Crippen molar-refractivity contribution in [3.8, 4) is 0 Å². The number of nitrogens with two attached hydrogens (primary N) is 1. The molecule has 3 nitrogen and oxygen atoms in total. The second kappa shape index (κ2) is 4.30. The van der Waals surface area contributed by atoms with Gasteiger partial charge in [-0.25, -0.2) is 0 Å². The molecule has 2 atom stereocenters. The van der Waals surface area contributed by atoms with Gasteiger partial charge in [-0.3, -0.25) is 4.79 Å². The molecular formula is C11H22N2O. The van der Waals surface area contributed by atoms with E-state index in [1.54, 1.807) is 0 Å². The number of nitrogens with one attached hydrogen (secondary N) is 1. The Morgan fingerprint density at radius 3 is 2.64 bits per heavy atom. The molecule has 0 aromatic heterocycles. The number of hydrogen-bond acceptors (Lipinski definition) is 2. The van der Waals surface area contributed by atoms with Gasteiger partial charge in [-0.1, -0.05) is 20.8 Å². The van der Waals surface area contributed by atoms with Crippen molar-refractivity contribution in [2.75, 3.05) is 6.54 Å². The molecule has 1 aliphatic rings. The lowest BCUT2D eigenvalue weighted by Crippen LogP contribution is -2.35. The summed E-state index contributed by atoms with van der Waals surface area (Å²) in [5, 5.41) is 3.46. The van der Waals surface area contributed by atoms with Gasteiger partial charge in [-0.15, -0.1) is 0 Å². The molecule has 14 heavy (non-hydrogen) atoms. The van der Waals surface area contributed by atoms with Crippen LogP contribution in [-0.2, 0) is 4.79 Å². The van der Waals surface area contributed by atoms with Crippen molar-refractivity contribution in [1.29, 1.82) is 0 Å². The summed E-state index contributed by atoms with van der Waals surface area (Å²) in [6.07, 6.45) is 2.61. The number of carbonyl (C=O) groups excluding carboxylic acids is 1. The minimum Gasteiger partial charge on any atom is -0.370 e. The van der Waals surface area contributed by atoms with Crippen molar-refractivity contribution in [2.24, 2.45) is 17.1 Å². The Labute approximate surface area is 86.4 Å². The first-order valence-corrected chi connectivity index (χ1v) is 5.43. The van der Waals surface area contributed by atoms with E-state index in [9.17, 15) is 4.79 Å². The fourth-order valence-corrected chi connectivity index (χ4v) is 2.41. The van der Waals surface area contributed by atoms with Crippen molar-refractivity contribution >= 4 is 5.91 Å². The maximum Gasteiger partial charge on any atom is 0.217 e. The van der Waals surface area contributed by atoms with Gasteiger partial charge in [0.15, 0.2) is 0 Å². The average molecular weight is 198 g/mol. The van der Waals surface area contributed by atoms with Gasteiger partial charge in [0.05, 0.1) is 0 Å². The van der Waals surface area contributed by atoms with Crippen LogP contribution in [-0.4, -0.2) is 18.5 Å². The van der Waals surface area contributed by atoms with Gasteiger partial charge < -0.3 is 11.1 Å². The molecule has 0 saturated carbocycles. The minimum absolute atomic E-state index is 0.189. The highest BCUT2D eigenvalue weighted by atomic mass is 16.1. The van der Waals surface area contributed by atoms with Gasteiger partial charge in [0.25, 0.3) is 0 Å². The van der Waals surface area contributed by atoms with Gasteiger partial charge >= 0.3 is 0 Å². The van der Waals surface area contributed by atoms with Crippen LogP contribution in [0.1, 0.15) is 40.0 Å². The third-order valence-electron chi connectivity index (χ3n) is 3.16. The van der Waals surface area contributed by atoms with Crippen LogP contribution >= 0.6 is 0 Å². The van der Waals surface area contributed by atoms with Gasteiger partial charge in [0.2, 0.25) is 5.91 Å².